The monoisotopic (exact) mass is 489 g/mol. The van der Waals surface area contributed by atoms with Gasteiger partial charge in [0.2, 0.25) is 0 Å². The number of hydrogen-bond acceptors (Lipinski definition) is 0. The molecule has 3 rings (SSSR count). The molecule has 0 spiro atoms. The van der Waals surface area contributed by atoms with Gasteiger partial charge in [-0.15, -0.1) is 0 Å². The summed E-state index contributed by atoms with van der Waals surface area (Å²) in [5, 5.41) is 2.73. The fraction of sp³-hybridized carbons (Fsp3) is 0.538. The van der Waals surface area contributed by atoms with E-state index in [2.05, 4.69) is 70.9 Å². The van der Waals surface area contributed by atoms with Crippen molar-refractivity contribution < 1.29 is 0 Å². The van der Waals surface area contributed by atoms with Gasteiger partial charge in [0.15, 0.2) is 0 Å². The molecule has 152 valence electrons. The van der Waals surface area contributed by atoms with Crippen LogP contribution in [0, 0.1) is 3.57 Å². The minimum Gasteiger partial charge on any atom is -0.354 e. The van der Waals surface area contributed by atoms with Gasteiger partial charge in [-0.3, -0.25) is 0 Å². The molecule has 2 heteroatoms. The molecule has 1 aromatic heterocycles. The number of unbranched alkanes of at least 4 members (excludes halogenated alkanes) is 11. The molecule has 0 saturated carbocycles. The zero-order chi connectivity index (χ0) is 19.6. The van der Waals surface area contributed by atoms with Crippen molar-refractivity contribution in [1.29, 1.82) is 0 Å². The average molecular weight is 489 g/mol. The number of aryl methyl sites for hydroxylation is 1. The van der Waals surface area contributed by atoms with E-state index in [1.165, 1.54) is 114 Å². The molecular weight excluding hydrogens is 453 g/mol. The molecule has 0 amide bonds. The highest BCUT2D eigenvalue weighted by Crippen LogP contribution is 2.28. The van der Waals surface area contributed by atoms with Gasteiger partial charge in [0.05, 0.1) is 0 Å². The van der Waals surface area contributed by atoms with Gasteiger partial charge in [0.25, 0.3) is 0 Å². The summed E-state index contributed by atoms with van der Waals surface area (Å²) < 4.78 is 1.29. The summed E-state index contributed by atoms with van der Waals surface area (Å²) in [6.45, 7) is 2.29. The number of benzene rings is 2. The predicted molar refractivity (Wildman–Crippen MR) is 133 cm³/mol. The highest BCUT2D eigenvalue weighted by atomic mass is 127. The highest BCUT2D eigenvalue weighted by Gasteiger charge is 2.05. The first-order valence-electron chi connectivity index (χ1n) is 11.5. The Hall–Kier alpha value is -1.03. The molecule has 28 heavy (non-hydrogen) atoms. The number of halogens is 1. The largest absolute Gasteiger partial charge is 0.354 e. The van der Waals surface area contributed by atoms with Gasteiger partial charge in [0, 0.05) is 25.4 Å². The van der Waals surface area contributed by atoms with Crippen LogP contribution in [0.15, 0.2) is 36.4 Å². The molecule has 0 aliphatic carbocycles. The lowest BCUT2D eigenvalue weighted by Crippen LogP contribution is -1.87. The topological polar surface area (TPSA) is 15.8 Å². The zero-order valence-corrected chi connectivity index (χ0v) is 19.7. The van der Waals surface area contributed by atoms with Gasteiger partial charge in [0.1, 0.15) is 0 Å². The van der Waals surface area contributed by atoms with Gasteiger partial charge in [-0.1, -0.05) is 89.7 Å². The number of aromatic amines is 1. The van der Waals surface area contributed by atoms with Gasteiger partial charge in [-0.2, -0.15) is 0 Å². The molecule has 1 nitrogen and oxygen atoms in total. The Kier molecular flexibility index (Phi) is 9.17. The van der Waals surface area contributed by atoms with Crippen LogP contribution in [0.25, 0.3) is 21.8 Å². The van der Waals surface area contributed by atoms with E-state index in [4.69, 9.17) is 0 Å². The number of fused-ring (bicyclic) bond motifs is 3. The quantitative estimate of drug-likeness (QED) is 0.182. The molecule has 0 saturated heterocycles. The lowest BCUT2D eigenvalue weighted by Gasteiger charge is -2.04. The lowest BCUT2D eigenvalue weighted by atomic mass is 10.0. The van der Waals surface area contributed by atoms with E-state index in [0.29, 0.717) is 0 Å². The number of H-pyrrole nitrogens is 1. The van der Waals surface area contributed by atoms with E-state index < -0.39 is 0 Å². The van der Waals surface area contributed by atoms with Gasteiger partial charge < -0.3 is 4.98 Å². The Morgan fingerprint density at radius 3 is 1.96 bits per heavy atom. The van der Waals surface area contributed by atoms with Crippen molar-refractivity contribution in [1.82, 2.24) is 4.98 Å². The first-order chi connectivity index (χ1) is 13.8. The van der Waals surface area contributed by atoms with Crippen molar-refractivity contribution >= 4 is 44.4 Å². The Bertz CT molecular complexity index is 848. The van der Waals surface area contributed by atoms with Crippen LogP contribution in [0.3, 0.4) is 0 Å². The van der Waals surface area contributed by atoms with Gasteiger partial charge in [-0.25, -0.2) is 0 Å². The minimum atomic E-state index is 1.21. The van der Waals surface area contributed by atoms with Crippen molar-refractivity contribution in [3.63, 3.8) is 0 Å². The molecule has 3 aromatic rings. The van der Waals surface area contributed by atoms with Crippen molar-refractivity contribution in [2.45, 2.75) is 90.4 Å². The summed E-state index contributed by atoms with van der Waals surface area (Å²) in [5.74, 6) is 0. The standard InChI is InChI=1S/C26H36IN/c1-2-3-4-5-6-7-8-9-10-11-12-13-14-21-15-18-25-24(19-21)23-17-16-22(27)20-26(23)28-25/h15-20,28H,2-14H2,1H3. The van der Waals surface area contributed by atoms with E-state index in [-0.39, 0.29) is 0 Å². The molecule has 0 bridgehead atoms. The molecule has 1 heterocycles. The van der Waals surface area contributed by atoms with E-state index in [0.717, 1.165) is 0 Å². The number of aromatic nitrogens is 1. The normalized spacial score (nSPS) is 11.6. The molecule has 0 aliphatic rings. The predicted octanol–water partition coefficient (Wildman–Crippen LogP) is 9.17. The van der Waals surface area contributed by atoms with E-state index in [9.17, 15) is 0 Å². The number of nitrogens with one attached hydrogen (secondary N) is 1. The molecule has 0 fully saturated rings. The van der Waals surface area contributed by atoms with Crippen molar-refractivity contribution in [3.8, 4) is 0 Å². The maximum Gasteiger partial charge on any atom is 0.0475 e. The molecule has 0 unspecified atom stereocenters. The second-order valence-electron chi connectivity index (χ2n) is 8.33. The molecule has 0 aliphatic heterocycles. The summed E-state index contributed by atoms with van der Waals surface area (Å²) in [6, 6.07) is 13.7. The summed E-state index contributed by atoms with van der Waals surface area (Å²) in [4.78, 5) is 3.56. The molecular formula is C26H36IN. The molecule has 0 atom stereocenters. The van der Waals surface area contributed by atoms with Crippen LogP contribution in [0.2, 0.25) is 0 Å². The van der Waals surface area contributed by atoms with Crippen molar-refractivity contribution in [2.24, 2.45) is 0 Å². The van der Waals surface area contributed by atoms with Crippen molar-refractivity contribution in [3.05, 3.63) is 45.5 Å². The third kappa shape index (κ3) is 6.50. The summed E-state index contributed by atoms with van der Waals surface area (Å²) in [6.07, 6.45) is 18.2. The Balaban J connectivity index is 1.33. The van der Waals surface area contributed by atoms with Crippen molar-refractivity contribution in [2.75, 3.05) is 0 Å². The third-order valence-electron chi connectivity index (χ3n) is 5.94. The van der Waals surface area contributed by atoms with E-state index in [1.807, 2.05) is 0 Å². The maximum absolute atomic E-state index is 3.56. The maximum atomic E-state index is 3.56. The first kappa shape index (κ1) is 21.7. The van der Waals surface area contributed by atoms with Gasteiger partial charge in [-0.05, 0) is 65.3 Å². The SMILES string of the molecule is CCCCCCCCCCCCCCc1ccc2[nH]c3cc(I)ccc3c2c1. The molecule has 2 aromatic carbocycles. The minimum absolute atomic E-state index is 1.21. The van der Waals surface area contributed by atoms with Crippen LogP contribution in [0.5, 0.6) is 0 Å². The number of rotatable bonds is 13. The number of hydrogen-bond donors (Lipinski definition) is 1. The van der Waals surface area contributed by atoms with Crippen LogP contribution in [0.4, 0.5) is 0 Å². The average Bonchev–Trinajstić information content (AvgIpc) is 3.05. The fourth-order valence-corrected chi connectivity index (χ4v) is 4.74. The Labute approximate surface area is 184 Å². The molecule has 1 N–H and O–H groups in total. The summed E-state index contributed by atoms with van der Waals surface area (Å²) >= 11 is 2.38. The van der Waals surface area contributed by atoms with Gasteiger partial charge >= 0.3 is 0 Å². The first-order valence-corrected chi connectivity index (χ1v) is 12.6. The van der Waals surface area contributed by atoms with Crippen LogP contribution in [-0.2, 0) is 6.42 Å². The zero-order valence-electron chi connectivity index (χ0n) is 17.5. The van der Waals surface area contributed by atoms with E-state index >= 15 is 0 Å². The third-order valence-corrected chi connectivity index (χ3v) is 6.62. The highest BCUT2D eigenvalue weighted by molar-refractivity contribution is 14.1. The van der Waals surface area contributed by atoms with Crippen LogP contribution < -0.4 is 0 Å². The Morgan fingerprint density at radius 1 is 0.643 bits per heavy atom. The Morgan fingerprint density at radius 2 is 1.29 bits per heavy atom. The smallest absolute Gasteiger partial charge is 0.0475 e. The van der Waals surface area contributed by atoms with Crippen LogP contribution in [-0.4, -0.2) is 4.98 Å². The second-order valence-corrected chi connectivity index (χ2v) is 9.58. The fourth-order valence-electron chi connectivity index (χ4n) is 4.25. The second kappa shape index (κ2) is 11.8. The van der Waals surface area contributed by atoms with Crippen LogP contribution >= 0.6 is 22.6 Å². The van der Waals surface area contributed by atoms with E-state index in [1.54, 1.807) is 0 Å². The van der Waals surface area contributed by atoms with Crippen LogP contribution in [0.1, 0.15) is 89.5 Å². The lowest BCUT2D eigenvalue weighted by molar-refractivity contribution is 0.544. The summed E-state index contributed by atoms with van der Waals surface area (Å²) in [7, 11) is 0. The summed E-state index contributed by atoms with van der Waals surface area (Å²) in [5.41, 5.74) is 4.00. The molecule has 0 radical (unpaired) electrons.